The van der Waals surface area contributed by atoms with Crippen LogP contribution < -0.4 is 0 Å². The predicted octanol–water partition coefficient (Wildman–Crippen LogP) is 6.33. The number of carboxylic acids is 1. The van der Waals surface area contributed by atoms with Gasteiger partial charge in [0, 0.05) is 45.9 Å². The fourth-order valence-corrected chi connectivity index (χ4v) is 4.59. The van der Waals surface area contributed by atoms with Gasteiger partial charge in [0.15, 0.2) is 0 Å². The molecule has 170 valence electrons. The van der Waals surface area contributed by atoms with Crippen molar-refractivity contribution >= 4 is 28.6 Å². The van der Waals surface area contributed by atoms with E-state index < -0.39 is 5.97 Å². The van der Waals surface area contributed by atoms with Gasteiger partial charge in [0.1, 0.15) is 5.76 Å². The molecule has 0 aliphatic carbocycles. The van der Waals surface area contributed by atoms with Crippen molar-refractivity contribution in [3.63, 3.8) is 0 Å². The number of pyridine rings is 2. The Morgan fingerprint density at radius 1 is 1.12 bits per heavy atom. The van der Waals surface area contributed by atoms with Crippen LogP contribution in [0, 0.1) is 13.8 Å². The molecular weight excluding hydrogens is 452 g/mol. The topological polar surface area (TPSA) is 94.0 Å². The number of aromatic carboxylic acids is 1. The molecule has 0 fully saturated rings. The number of hydrogen-bond acceptors (Lipinski definition) is 5. The third-order valence-electron chi connectivity index (χ3n) is 6.03. The average molecular weight is 473 g/mol. The second-order valence-corrected chi connectivity index (χ2v) is 8.58. The summed E-state index contributed by atoms with van der Waals surface area (Å²) in [5, 5.41) is 13.7. The molecule has 5 aromatic rings. The molecular formula is C26H21ClN4O3. The number of benzene rings is 1. The molecule has 4 heterocycles. The quantitative estimate of drug-likeness (QED) is 0.321. The number of aromatic nitrogens is 4. The van der Waals surface area contributed by atoms with E-state index in [0.717, 1.165) is 44.9 Å². The zero-order valence-electron chi connectivity index (χ0n) is 18.8. The highest BCUT2D eigenvalue weighted by molar-refractivity contribution is 6.34. The maximum atomic E-state index is 11.4. The molecule has 4 aromatic heterocycles. The Morgan fingerprint density at radius 3 is 2.59 bits per heavy atom. The largest absolute Gasteiger partial charge is 0.478 e. The van der Waals surface area contributed by atoms with Crippen molar-refractivity contribution in [2.75, 3.05) is 0 Å². The first-order chi connectivity index (χ1) is 16.3. The number of aryl methyl sites for hydroxylation is 2. The average Bonchev–Trinajstić information content (AvgIpc) is 3.38. The number of hydrogen-bond donors (Lipinski definition) is 1. The molecule has 0 saturated heterocycles. The summed E-state index contributed by atoms with van der Waals surface area (Å²) in [6.45, 7) is 5.86. The summed E-state index contributed by atoms with van der Waals surface area (Å²) >= 11 is 6.53. The number of fused-ring (bicyclic) bond motifs is 1. The highest BCUT2D eigenvalue weighted by Crippen LogP contribution is 2.38. The van der Waals surface area contributed by atoms with E-state index in [2.05, 4.69) is 27.7 Å². The summed E-state index contributed by atoms with van der Waals surface area (Å²) in [7, 11) is 0. The summed E-state index contributed by atoms with van der Waals surface area (Å²) in [6.07, 6.45) is 5.57. The van der Waals surface area contributed by atoms with Crippen molar-refractivity contribution in [1.29, 1.82) is 0 Å². The molecule has 1 aromatic carbocycles. The third kappa shape index (κ3) is 3.64. The molecule has 0 bridgehead atoms. The van der Waals surface area contributed by atoms with Crippen LogP contribution in [0.3, 0.4) is 0 Å². The Hall–Kier alpha value is -3.97. The van der Waals surface area contributed by atoms with Crippen LogP contribution in [0.25, 0.3) is 33.3 Å². The minimum absolute atomic E-state index is 0.0868. The molecule has 0 radical (unpaired) electrons. The van der Waals surface area contributed by atoms with Gasteiger partial charge in [-0.1, -0.05) is 28.9 Å². The standard InChI is InChI=1S/C26H21ClN4O3/c1-14-24(16(3)34-30-14)18-11-23-25(29-12-18)20(19-8-7-17(26(32)33)10-21(19)27)13-31(23)15(2)22-6-4-5-9-28-22/h4-13,15H,1-3H3,(H,32,33)/t15-/m0/s1. The van der Waals surface area contributed by atoms with Crippen molar-refractivity contribution in [3.8, 4) is 22.3 Å². The van der Waals surface area contributed by atoms with Gasteiger partial charge in [-0.3, -0.25) is 9.97 Å². The van der Waals surface area contributed by atoms with Crippen molar-refractivity contribution < 1.29 is 14.4 Å². The molecule has 34 heavy (non-hydrogen) atoms. The molecule has 5 rings (SSSR count). The van der Waals surface area contributed by atoms with Crippen molar-refractivity contribution in [2.24, 2.45) is 0 Å². The Kier molecular flexibility index (Phi) is 5.42. The summed E-state index contributed by atoms with van der Waals surface area (Å²) < 4.78 is 7.48. The molecule has 0 unspecified atom stereocenters. The van der Waals surface area contributed by atoms with Gasteiger partial charge >= 0.3 is 5.97 Å². The summed E-state index contributed by atoms with van der Waals surface area (Å²) in [5.41, 5.74) is 6.81. The van der Waals surface area contributed by atoms with Crippen LogP contribution in [0.1, 0.15) is 40.5 Å². The maximum Gasteiger partial charge on any atom is 0.335 e. The normalized spacial score (nSPS) is 12.2. The van der Waals surface area contributed by atoms with Gasteiger partial charge in [-0.2, -0.15) is 0 Å². The Balaban J connectivity index is 1.75. The number of carboxylic acid groups (broad SMARTS) is 1. The molecule has 0 aliphatic rings. The zero-order valence-corrected chi connectivity index (χ0v) is 19.5. The number of nitrogens with zero attached hydrogens (tertiary/aromatic N) is 4. The van der Waals surface area contributed by atoms with E-state index >= 15 is 0 Å². The first kappa shape index (κ1) is 21.9. The van der Waals surface area contributed by atoms with Gasteiger partial charge in [-0.25, -0.2) is 4.79 Å². The van der Waals surface area contributed by atoms with Crippen LogP contribution in [0.5, 0.6) is 0 Å². The fourth-order valence-electron chi connectivity index (χ4n) is 4.31. The second kappa shape index (κ2) is 8.43. The number of rotatable bonds is 5. The van der Waals surface area contributed by atoms with E-state index in [9.17, 15) is 9.90 Å². The fraction of sp³-hybridized carbons (Fsp3) is 0.154. The van der Waals surface area contributed by atoms with Crippen molar-refractivity contribution in [2.45, 2.75) is 26.8 Å². The van der Waals surface area contributed by atoms with Crippen LogP contribution in [0.2, 0.25) is 5.02 Å². The lowest BCUT2D eigenvalue weighted by atomic mass is 10.0. The van der Waals surface area contributed by atoms with Gasteiger partial charge in [0.2, 0.25) is 0 Å². The van der Waals surface area contributed by atoms with Gasteiger partial charge < -0.3 is 14.2 Å². The van der Waals surface area contributed by atoms with Gasteiger partial charge in [-0.05, 0) is 51.1 Å². The molecule has 7 nitrogen and oxygen atoms in total. The molecule has 0 amide bonds. The van der Waals surface area contributed by atoms with E-state index in [0.29, 0.717) is 10.6 Å². The SMILES string of the molecule is Cc1noc(C)c1-c1cnc2c(-c3ccc(C(=O)O)cc3Cl)cn([C@@H](C)c3ccccn3)c2c1. The highest BCUT2D eigenvalue weighted by Gasteiger charge is 2.21. The first-order valence-corrected chi connectivity index (χ1v) is 11.1. The number of halogens is 1. The number of carbonyl (C=O) groups is 1. The van der Waals surface area contributed by atoms with Crippen LogP contribution in [-0.2, 0) is 0 Å². The summed E-state index contributed by atoms with van der Waals surface area (Å²) in [5.74, 6) is -0.302. The van der Waals surface area contributed by atoms with E-state index in [-0.39, 0.29) is 11.6 Å². The van der Waals surface area contributed by atoms with E-state index in [1.165, 1.54) is 6.07 Å². The van der Waals surface area contributed by atoms with Crippen LogP contribution in [-0.4, -0.2) is 30.8 Å². The lowest BCUT2D eigenvalue weighted by molar-refractivity contribution is 0.0697. The van der Waals surface area contributed by atoms with Crippen LogP contribution >= 0.6 is 11.6 Å². The zero-order chi connectivity index (χ0) is 24.0. The van der Waals surface area contributed by atoms with Crippen molar-refractivity contribution in [3.05, 3.63) is 88.8 Å². The second-order valence-electron chi connectivity index (χ2n) is 8.17. The minimum atomic E-state index is -1.03. The minimum Gasteiger partial charge on any atom is -0.478 e. The maximum absolute atomic E-state index is 11.4. The Morgan fingerprint density at radius 2 is 1.94 bits per heavy atom. The first-order valence-electron chi connectivity index (χ1n) is 10.7. The van der Waals surface area contributed by atoms with Crippen molar-refractivity contribution in [1.82, 2.24) is 19.7 Å². The molecule has 1 atom stereocenters. The van der Waals surface area contributed by atoms with Gasteiger partial charge in [-0.15, -0.1) is 0 Å². The van der Waals surface area contributed by atoms with E-state index in [1.54, 1.807) is 24.5 Å². The van der Waals surface area contributed by atoms with Gasteiger partial charge in [0.05, 0.1) is 34.0 Å². The van der Waals surface area contributed by atoms with E-state index in [4.69, 9.17) is 21.1 Å². The highest BCUT2D eigenvalue weighted by atomic mass is 35.5. The summed E-state index contributed by atoms with van der Waals surface area (Å²) in [6, 6.07) is 12.5. The van der Waals surface area contributed by atoms with Gasteiger partial charge in [0.25, 0.3) is 0 Å². The molecule has 1 N–H and O–H groups in total. The smallest absolute Gasteiger partial charge is 0.335 e. The molecule has 0 saturated carbocycles. The van der Waals surface area contributed by atoms with Crippen LogP contribution in [0.4, 0.5) is 0 Å². The predicted molar refractivity (Wildman–Crippen MR) is 130 cm³/mol. The molecule has 0 aliphatic heterocycles. The van der Waals surface area contributed by atoms with E-state index in [1.807, 2.05) is 38.2 Å². The lowest BCUT2D eigenvalue weighted by Gasteiger charge is -2.15. The monoisotopic (exact) mass is 472 g/mol. The lowest BCUT2D eigenvalue weighted by Crippen LogP contribution is -2.07. The molecule has 0 spiro atoms. The Labute approximate surface area is 200 Å². The summed E-state index contributed by atoms with van der Waals surface area (Å²) in [4.78, 5) is 20.7. The Bertz CT molecular complexity index is 1520. The molecule has 8 heteroatoms. The third-order valence-corrected chi connectivity index (χ3v) is 6.34. The van der Waals surface area contributed by atoms with Crippen LogP contribution in [0.15, 0.2) is 65.6 Å².